The van der Waals surface area contributed by atoms with Crippen LogP contribution in [-0.4, -0.2) is 62.1 Å². The van der Waals surface area contributed by atoms with Gasteiger partial charge in [0, 0.05) is 38.4 Å². The van der Waals surface area contributed by atoms with E-state index in [0.29, 0.717) is 50.9 Å². The zero-order valence-corrected chi connectivity index (χ0v) is 45.5. The van der Waals surface area contributed by atoms with Crippen molar-refractivity contribution in [1.29, 1.82) is 0 Å². The van der Waals surface area contributed by atoms with Crippen molar-refractivity contribution >= 4 is 17.8 Å². The minimum absolute atomic E-state index is 0.0366. The highest BCUT2D eigenvalue weighted by Gasteiger charge is 2.23. The van der Waals surface area contributed by atoms with Crippen molar-refractivity contribution in [2.45, 2.75) is 317 Å². The molecule has 0 fully saturated rings. The highest BCUT2D eigenvalue weighted by molar-refractivity contribution is 5.76. The summed E-state index contributed by atoms with van der Waals surface area (Å²) >= 11 is 0. The second kappa shape index (κ2) is 51.2. The first-order valence-electron chi connectivity index (χ1n) is 29.6. The topological polar surface area (TPSA) is 84.9 Å². The molecule has 0 aromatic heterocycles. The molecule has 7 nitrogen and oxygen atoms in total. The van der Waals surface area contributed by atoms with Crippen LogP contribution in [0.2, 0.25) is 0 Å². The van der Waals surface area contributed by atoms with Crippen molar-refractivity contribution in [3.8, 4) is 0 Å². The Bertz CT molecular complexity index is 980. The zero-order chi connectivity index (χ0) is 48.4. The van der Waals surface area contributed by atoms with Crippen LogP contribution in [-0.2, 0) is 23.9 Å². The summed E-state index contributed by atoms with van der Waals surface area (Å²) in [5.74, 6) is 1.18. The van der Waals surface area contributed by atoms with E-state index in [4.69, 9.17) is 9.47 Å². The summed E-state index contributed by atoms with van der Waals surface area (Å²) in [6.07, 6.45) is 49.6. The Morgan fingerprint density at radius 2 is 0.682 bits per heavy atom. The molecule has 0 heterocycles. The van der Waals surface area contributed by atoms with Crippen molar-refractivity contribution in [1.82, 2.24) is 10.2 Å². The normalized spacial score (nSPS) is 12.9. The molecule has 66 heavy (non-hydrogen) atoms. The number of unbranched alkanes of at least 4 members (excludes halogenated alkanes) is 27. The highest BCUT2D eigenvalue weighted by atomic mass is 16.5. The molecule has 0 saturated carbocycles. The van der Waals surface area contributed by atoms with Crippen molar-refractivity contribution < 1.29 is 23.9 Å². The molecule has 0 aliphatic rings. The van der Waals surface area contributed by atoms with Gasteiger partial charge < -0.3 is 19.7 Å². The lowest BCUT2D eigenvalue weighted by atomic mass is 9.95. The highest BCUT2D eigenvalue weighted by Crippen LogP contribution is 2.24. The predicted molar refractivity (Wildman–Crippen MR) is 285 cm³/mol. The van der Waals surface area contributed by atoms with Gasteiger partial charge in [0.25, 0.3) is 0 Å². The molecule has 0 saturated heterocycles. The first kappa shape index (κ1) is 64.4. The van der Waals surface area contributed by atoms with E-state index in [1.807, 2.05) is 7.05 Å². The van der Waals surface area contributed by atoms with Gasteiger partial charge in [-0.2, -0.15) is 0 Å². The van der Waals surface area contributed by atoms with E-state index in [1.165, 1.54) is 199 Å². The van der Waals surface area contributed by atoms with Gasteiger partial charge in [0.05, 0.1) is 13.2 Å². The number of hydrogen-bond acceptors (Lipinski definition) is 6. The minimum atomic E-state index is -0.0366. The van der Waals surface area contributed by atoms with Crippen LogP contribution >= 0.6 is 0 Å². The lowest BCUT2D eigenvalue weighted by Gasteiger charge is -2.33. The summed E-state index contributed by atoms with van der Waals surface area (Å²) in [7, 11) is 1.93. The van der Waals surface area contributed by atoms with E-state index in [1.54, 1.807) is 0 Å². The van der Waals surface area contributed by atoms with Gasteiger partial charge in [0.1, 0.15) is 0 Å². The van der Waals surface area contributed by atoms with Gasteiger partial charge in [-0.3, -0.25) is 14.4 Å². The summed E-state index contributed by atoms with van der Waals surface area (Å²) in [6.45, 7) is 14.0. The molecule has 7 heteroatoms. The Kier molecular flexibility index (Phi) is 50.0. The molecular formula is C59H116N2O5. The number of ether oxygens (including phenoxy) is 2. The van der Waals surface area contributed by atoms with E-state index in [2.05, 4.69) is 44.8 Å². The standard InChI is InChI=1S/C59H116N2O5/c1-7-12-17-22-25-26-29-40-51-61(57(62)49-50-60-6)56(45-36-30-38-47-58(63)65-52-54(41-32-20-15-10-4)43-34-27-23-18-13-8-2)46-37-31-39-48-59(64)66-53-55(42-33-21-16-11-5)44-35-28-24-19-14-9-3/h54-56,60H,7-53H2,1-6H3. The van der Waals surface area contributed by atoms with Gasteiger partial charge in [-0.1, -0.05) is 234 Å². The monoisotopic (exact) mass is 933 g/mol. The lowest BCUT2D eigenvalue weighted by Crippen LogP contribution is -2.42. The largest absolute Gasteiger partial charge is 0.465 e. The maximum Gasteiger partial charge on any atom is 0.305 e. The molecule has 2 unspecified atom stereocenters. The number of nitrogens with one attached hydrogen (secondary N) is 1. The van der Waals surface area contributed by atoms with Gasteiger partial charge in [-0.15, -0.1) is 0 Å². The van der Waals surface area contributed by atoms with Crippen molar-refractivity contribution in [2.24, 2.45) is 11.8 Å². The second-order valence-corrected chi connectivity index (χ2v) is 20.7. The molecule has 0 aliphatic carbocycles. The number of carbonyl (C=O) groups excluding carboxylic acids is 3. The fourth-order valence-corrected chi connectivity index (χ4v) is 9.74. The minimum Gasteiger partial charge on any atom is -0.465 e. The fraction of sp³-hybridized carbons (Fsp3) is 0.949. The summed E-state index contributed by atoms with van der Waals surface area (Å²) in [6, 6.07) is 0.198. The molecule has 2 atom stereocenters. The number of carbonyl (C=O) groups is 3. The lowest BCUT2D eigenvalue weighted by molar-refractivity contribution is -0.146. The van der Waals surface area contributed by atoms with Gasteiger partial charge in [0.15, 0.2) is 0 Å². The average molecular weight is 934 g/mol. The third-order valence-corrected chi connectivity index (χ3v) is 14.3. The van der Waals surface area contributed by atoms with Crippen LogP contribution in [0.4, 0.5) is 0 Å². The first-order valence-corrected chi connectivity index (χ1v) is 29.6. The first-order chi connectivity index (χ1) is 32.4. The third-order valence-electron chi connectivity index (χ3n) is 14.3. The van der Waals surface area contributed by atoms with E-state index >= 15 is 0 Å². The van der Waals surface area contributed by atoms with E-state index < -0.39 is 0 Å². The molecule has 0 rings (SSSR count). The molecule has 392 valence electrons. The summed E-state index contributed by atoms with van der Waals surface area (Å²) in [5.41, 5.74) is 0. The van der Waals surface area contributed by atoms with Crippen molar-refractivity contribution in [3.63, 3.8) is 0 Å². The van der Waals surface area contributed by atoms with Crippen LogP contribution in [0.1, 0.15) is 311 Å². The molecule has 0 radical (unpaired) electrons. The molecule has 0 aromatic carbocycles. The molecular weight excluding hydrogens is 817 g/mol. The Labute approximate surface area is 412 Å². The van der Waals surface area contributed by atoms with Crippen LogP contribution < -0.4 is 5.32 Å². The van der Waals surface area contributed by atoms with Gasteiger partial charge >= 0.3 is 11.9 Å². The number of hydrogen-bond donors (Lipinski definition) is 1. The Balaban J connectivity index is 5.28. The maximum absolute atomic E-state index is 13.8. The van der Waals surface area contributed by atoms with Crippen LogP contribution in [0.5, 0.6) is 0 Å². The number of rotatable bonds is 53. The van der Waals surface area contributed by atoms with Crippen LogP contribution in [0.15, 0.2) is 0 Å². The number of esters is 2. The van der Waals surface area contributed by atoms with Crippen LogP contribution in [0.3, 0.4) is 0 Å². The Morgan fingerprint density at radius 3 is 1.05 bits per heavy atom. The van der Waals surface area contributed by atoms with E-state index in [9.17, 15) is 14.4 Å². The molecule has 0 aromatic rings. The third kappa shape index (κ3) is 42.5. The second-order valence-electron chi connectivity index (χ2n) is 20.7. The van der Waals surface area contributed by atoms with E-state index in [0.717, 1.165) is 64.3 Å². The molecule has 0 aliphatic heterocycles. The van der Waals surface area contributed by atoms with Crippen LogP contribution in [0, 0.1) is 11.8 Å². The summed E-state index contributed by atoms with van der Waals surface area (Å²) in [4.78, 5) is 42.0. The van der Waals surface area contributed by atoms with Crippen molar-refractivity contribution in [2.75, 3.05) is 33.4 Å². The summed E-state index contributed by atoms with van der Waals surface area (Å²) in [5, 5.41) is 3.20. The smallest absolute Gasteiger partial charge is 0.305 e. The van der Waals surface area contributed by atoms with Gasteiger partial charge in [-0.05, 0) is 76.7 Å². The van der Waals surface area contributed by atoms with Gasteiger partial charge in [0.2, 0.25) is 5.91 Å². The molecule has 0 spiro atoms. The van der Waals surface area contributed by atoms with Gasteiger partial charge in [-0.25, -0.2) is 0 Å². The molecule has 1 N–H and O–H groups in total. The Hall–Kier alpha value is -1.63. The number of nitrogens with zero attached hydrogens (tertiary/aromatic N) is 1. The molecule has 1 amide bonds. The zero-order valence-electron chi connectivity index (χ0n) is 45.5. The number of amides is 1. The van der Waals surface area contributed by atoms with E-state index in [-0.39, 0.29) is 23.9 Å². The Morgan fingerprint density at radius 1 is 0.379 bits per heavy atom. The quantitative estimate of drug-likeness (QED) is 0.0483. The average Bonchev–Trinajstić information content (AvgIpc) is 3.32. The van der Waals surface area contributed by atoms with Crippen LogP contribution in [0.25, 0.3) is 0 Å². The predicted octanol–water partition coefficient (Wildman–Crippen LogP) is 17.6. The molecule has 0 bridgehead atoms. The fourth-order valence-electron chi connectivity index (χ4n) is 9.74. The van der Waals surface area contributed by atoms with Crippen molar-refractivity contribution in [3.05, 3.63) is 0 Å². The SMILES string of the molecule is CCCCCCCCCCN(C(=O)CCNC)C(CCCCCC(=O)OCC(CCCCCC)CCCCCCCC)CCCCCC(=O)OCC(CCCCCC)CCCCCCCC. The maximum atomic E-state index is 13.8. The summed E-state index contributed by atoms with van der Waals surface area (Å²) < 4.78 is 11.9.